The highest BCUT2D eigenvalue weighted by atomic mass is 16.2. The smallest absolute Gasteiger partial charge is 0.246 e. The molecule has 2 rings (SSSR count). The van der Waals surface area contributed by atoms with Crippen LogP contribution in [0.1, 0.15) is 19.4 Å². The van der Waals surface area contributed by atoms with Crippen LogP contribution in [0.4, 0.5) is 0 Å². The average Bonchev–Trinajstić information content (AvgIpc) is 2.46. The van der Waals surface area contributed by atoms with E-state index in [-0.39, 0.29) is 11.8 Å². The molecule has 1 aromatic carbocycles. The number of benzene rings is 1. The van der Waals surface area contributed by atoms with Gasteiger partial charge in [-0.1, -0.05) is 36.3 Å². The molecule has 2 amide bonds. The molecule has 0 radical (unpaired) electrons. The van der Waals surface area contributed by atoms with E-state index in [9.17, 15) is 9.59 Å². The number of rotatable bonds is 3. The zero-order chi connectivity index (χ0) is 14.5. The largest absolute Gasteiger partial charge is 0.342 e. The van der Waals surface area contributed by atoms with E-state index in [2.05, 4.69) is 17.2 Å². The van der Waals surface area contributed by atoms with Crippen LogP contribution >= 0.6 is 0 Å². The molecular weight excluding hydrogens is 252 g/mol. The summed E-state index contributed by atoms with van der Waals surface area (Å²) >= 11 is 0. The monoisotopic (exact) mass is 270 g/mol. The molecule has 2 atom stereocenters. The highest BCUT2D eigenvalue weighted by molar-refractivity contribution is 5.97. The van der Waals surface area contributed by atoms with Crippen LogP contribution in [0, 0.1) is 11.8 Å². The fourth-order valence-electron chi connectivity index (χ4n) is 2.25. The normalized spacial score (nSPS) is 22.0. The first kappa shape index (κ1) is 14.1. The maximum Gasteiger partial charge on any atom is 0.246 e. The van der Waals surface area contributed by atoms with Crippen molar-refractivity contribution in [2.45, 2.75) is 32.4 Å². The van der Waals surface area contributed by atoms with E-state index < -0.39 is 12.1 Å². The van der Waals surface area contributed by atoms with Gasteiger partial charge in [-0.25, -0.2) is 0 Å². The molecule has 0 spiro atoms. The minimum absolute atomic E-state index is 0.0660. The lowest BCUT2D eigenvalue weighted by molar-refractivity contribution is -0.147. The molecule has 1 saturated heterocycles. The van der Waals surface area contributed by atoms with Gasteiger partial charge in [-0.3, -0.25) is 9.59 Å². The Morgan fingerprint density at radius 2 is 1.95 bits per heavy atom. The second-order valence-corrected chi connectivity index (χ2v) is 4.82. The van der Waals surface area contributed by atoms with Crippen LogP contribution in [0.25, 0.3) is 0 Å². The lowest BCUT2D eigenvalue weighted by Gasteiger charge is -2.36. The number of carbonyl (C=O) groups is 2. The van der Waals surface area contributed by atoms with Gasteiger partial charge < -0.3 is 10.2 Å². The summed E-state index contributed by atoms with van der Waals surface area (Å²) in [5.74, 6) is 5.43. The molecule has 0 aromatic heterocycles. The quantitative estimate of drug-likeness (QED) is 0.832. The lowest BCUT2D eigenvalue weighted by Crippen LogP contribution is -2.62. The summed E-state index contributed by atoms with van der Waals surface area (Å²) in [6.45, 7) is 3.75. The van der Waals surface area contributed by atoms with Gasteiger partial charge >= 0.3 is 0 Å². The van der Waals surface area contributed by atoms with Crippen molar-refractivity contribution < 1.29 is 9.59 Å². The van der Waals surface area contributed by atoms with Gasteiger partial charge in [0, 0.05) is 6.42 Å². The molecule has 1 aliphatic heterocycles. The van der Waals surface area contributed by atoms with E-state index in [4.69, 9.17) is 0 Å². The van der Waals surface area contributed by atoms with Crippen LogP contribution in [-0.4, -0.2) is 35.3 Å². The summed E-state index contributed by atoms with van der Waals surface area (Å²) in [5.41, 5.74) is 1.03. The Morgan fingerprint density at radius 3 is 2.60 bits per heavy atom. The van der Waals surface area contributed by atoms with Crippen molar-refractivity contribution >= 4 is 11.8 Å². The summed E-state index contributed by atoms with van der Waals surface area (Å²) in [6.07, 6.45) is 0.508. The molecule has 4 nitrogen and oxygen atoms in total. The minimum atomic E-state index is -0.500. The molecule has 1 aromatic rings. The highest BCUT2D eigenvalue weighted by Gasteiger charge is 2.37. The second-order valence-electron chi connectivity index (χ2n) is 4.82. The highest BCUT2D eigenvalue weighted by Crippen LogP contribution is 2.13. The Balaban J connectivity index is 2.15. The van der Waals surface area contributed by atoms with E-state index >= 15 is 0 Å². The standard InChI is InChI=1S/C16H18N2O2/c1-3-4-10-18-12(2)15(19)17-14(16(18)20)11-13-8-6-5-7-9-13/h5-9,12,14H,10-11H2,1-2H3,(H,17,19). The van der Waals surface area contributed by atoms with Crippen molar-refractivity contribution in [1.82, 2.24) is 10.2 Å². The van der Waals surface area contributed by atoms with E-state index in [0.29, 0.717) is 13.0 Å². The Morgan fingerprint density at radius 1 is 1.25 bits per heavy atom. The first-order valence-electron chi connectivity index (χ1n) is 6.68. The van der Waals surface area contributed by atoms with Crippen molar-refractivity contribution in [2.24, 2.45) is 0 Å². The number of piperazine rings is 1. The molecule has 1 fully saturated rings. The van der Waals surface area contributed by atoms with Crippen LogP contribution in [0.2, 0.25) is 0 Å². The lowest BCUT2D eigenvalue weighted by atomic mass is 10.0. The van der Waals surface area contributed by atoms with E-state index in [1.165, 1.54) is 0 Å². The van der Waals surface area contributed by atoms with Gasteiger partial charge in [0.2, 0.25) is 11.8 Å². The molecule has 1 aliphatic rings. The van der Waals surface area contributed by atoms with Gasteiger partial charge in [-0.05, 0) is 19.4 Å². The van der Waals surface area contributed by atoms with Gasteiger partial charge in [-0.2, -0.15) is 0 Å². The van der Waals surface area contributed by atoms with E-state index in [1.54, 1.807) is 18.7 Å². The Kier molecular flexibility index (Phi) is 4.41. The third-order valence-corrected chi connectivity index (χ3v) is 3.45. The van der Waals surface area contributed by atoms with Crippen LogP contribution < -0.4 is 5.32 Å². The maximum absolute atomic E-state index is 12.4. The van der Waals surface area contributed by atoms with Crippen LogP contribution in [0.3, 0.4) is 0 Å². The fraction of sp³-hybridized carbons (Fsp3) is 0.375. The second kappa shape index (κ2) is 6.25. The van der Waals surface area contributed by atoms with Gasteiger partial charge in [0.25, 0.3) is 0 Å². The summed E-state index contributed by atoms with van der Waals surface area (Å²) in [7, 11) is 0. The third kappa shape index (κ3) is 3.00. The molecule has 1 N–H and O–H groups in total. The Bertz CT molecular complexity index is 557. The van der Waals surface area contributed by atoms with Gasteiger partial charge in [0.05, 0.1) is 6.54 Å². The summed E-state index contributed by atoms with van der Waals surface area (Å²) in [6, 6.07) is 8.72. The van der Waals surface area contributed by atoms with E-state index in [0.717, 1.165) is 5.56 Å². The zero-order valence-corrected chi connectivity index (χ0v) is 11.7. The number of hydrogen-bond donors (Lipinski definition) is 1. The number of nitrogens with zero attached hydrogens (tertiary/aromatic N) is 1. The Labute approximate surface area is 119 Å². The topological polar surface area (TPSA) is 49.4 Å². The molecule has 1 heterocycles. The SMILES string of the molecule is CC#CCN1C(=O)C(Cc2ccccc2)NC(=O)C1C. The molecule has 0 bridgehead atoms. The molecule has 2 unspecified atom stereocenters. The molecule has 0 saturated carbocycles. The minimum Gasteiger partial charge on any atom is -0.342 e. The van der Waals surface area contributed by atoms with Crippen molar-refractivity contribution in [3.05, 3.63) is 35.9 Å². The summed E-state index contributed by atoms with van der Waals surface area (Å²) < 4.78 is 0. The van der Waals surface area contributed by atoms with E-state index in [1.807, 2.05) is 30.3 Å². The fourth-order valence-corrected chi connectivity index (χ4v) is 2.25. The number of hydrogen-bond acceptors (Lipinski definition) is 2. The molecule has 0 aliphatic carbocycles. The first-order chi connectivity index (χ1) is 9.63. The summed E-state index contributed by atoms with van der Waals surface area (Å²) in [5, 5.41) is 2.79. The van der Waals surface area contributed by atoms with Crippen LogP contribution in [0.15, 0.2) is 30.3 Å². The number of amides is 2. The van der Waals surface area contributed by atoms with Crippen molar-refractivity contribution in [1.29, 1.82) is 0 Å². The predicted octanol–water partition coefficient (Wildman–Crippen LogP) is 0.968. The molecule has 20 heavy (non-hydrogen) atoms. The van der Waals surface area contributed by atoms with Crippen molar-refractivity contribution in [3.8, 4) is 11.8 Å². The van der Waals surface area contributed by atoms with Crippen LogP contribution in [-0.2, 0) is 16.0 Å². The van der Waals surface area contributed by atoms with Gasteiger partial charge in [-0.15, -0.1) is 5.92 Å². The third-order valence-electron chi connectivity index (χ3n) is 3.45. The number of nitrogens with one attached hydrogen (secondary N) is 1. The molecular formula is C16H18N2O2. The predicted molar refractivity (Wildman–Crippen MR) is 76.7 cm³/mol. The molecule has 104 valence electrons. The Hall–Kier alpha value is -2.28. The van der Waals surface area contributed by atoms with Crippen LogP contribution in [0.5, 0.6) is 0 Å². The molecule has 4 heteroatoms. The van der Waals surface area contributed by atoms with Gasteiger partial charge in [0.1, 0.15) is 12.1 Å². The average molecular weight is 270 g/mol. The van der Waals surface area contributed by atoms with Gasteiger partial charge in [0.15, 0.2) is 0 Å². The van der Waals surface area contributed by atoms with Crippen molar-refractivity contribution in [2.75, 3.05) is 6.54 Å². The maximum atomic E-state index is 12.4. The number of carbonyl (C=O) groups excluding carboxylic acids is 2. The van der Waals surface area contributed by atoms with Crippen molar-refractivity contribution in [3.63, 3.8) is 0 Å². The summed E-state index contributed by atoms with van der Waals surface area (Å²) in [4.78, 5) is 25.9. The first-order valence-corrected chi connectivity index (χ1v) is 6.68. The zero-order valence-electron chi connectivity index (χ0n) is 11.7.